The summed E-state index contributed by atoms with van der Waals surface area (Å²) in [6, 6.07) is 21.4. The molecule has 1 N–H and O–H groups in total. The Morgan fingerprint density at radius 1 is 1.00 bits per heavy atom. The van der Waals surface area contributed by atoms with Crippen LogP contribution in [0, 0.1) is 6.92 Å². The van der Waals surface area contributed by atoms with Crippen LogP contribution in [0.25, 0.3) is 11.0 Å². The van der Waals surface area contributed by atoms with Crippen molar-refractivity contribution >= 4 is 11.0 Å². The van der Waals surface area contributed by atoms with Crippen LogP contribution in [0.1, 0.15) is 49.5 Å². The first-order valence-corrected chi connectivity index (χ1v) is 12.3. The lowest BCUT2D eigenvalue weighted by Crippen LogP contribution is -2.51. The predicted molar refractivity (Wildman–Crippen MR) is 128 cm³/mol. The standard InChI is InChI=1S/C27H34N4O/c1-20-29-25-9-5-6-10-26(25)31(20)24-17-22-11-12-23(18-24)30(22)15-13-27(19-28-14-16-32-27)21-7-3-2-4-8-21/h2-10,22-24,28H,11-19H2,1H3/t22-,23-,27?/m1/s1. The maximum absolute atomic E-state index is 6.48. The second-order valence-electron chi connectivity index (χ2n) is 9.90. The molecule has 0 radical (unpaired) electrons. The minimum Gasteiger partial charge on any atom is -0.368 e. The highest BCUT2D eigenvalue weighted by molar-refractivity contribution is 5.76. The number of fused-ring (bicyclic) bond motifs is 3. The van der Waals surface area contributed by atoms with Crippen LogP contribution in [0.5, 0.6) is 0 Å². The molecular formula is C27H34N4O. The zero-order valence-corrected chi connectivity index (χ0v) is 19.0. The summed E-state index contributed by atoms with van der Waals surface area (Å²) >= 11 is 0. The fourth-order valence-electron chi connectivity index (χ4n) is 6.65. The van der Waals surface area contributed by atoms with E-state index in [1.165, 1.54) is 36.8 Å². The lowest BCUT2D eigenvalue weighted by molar-refractivity contribution is -0.0844. The van der Waals surface area contributed by atoms with Gasteiger partial charge in [-0.15, -0.1) is 0 Å². The number of hydrogen-bond acceptors (Lipinski definition) is 4. The number of benzene rings is 2. The number of morpholine rings is 1. The Kier molecular flexibility index (Phi) is 5.28. The van der Waals surface area contributed by atoms with E-state index >= 15 is 0 Å². The van der Waals surface area contributed by atoms with Crippen molar-refractivity contribution in [3.8, 4) is 0 Å². The molecule has 5 heteroatoms. The average molecular weight is 431 g/mol. The molecule has 0 aliphatic carbocycles. The molecule has 5 nitrogen and oxygen atoms in total. The topological polar surface area (TPSA) is 42.3 Å². The summed E-state index contributed by atoms with van der Waals surface area (Å²) in [5.74, 6) is 1.16. The van der Waals surface area contributed by atoms with E-state index in [0.29, 0.717) is 18.1 Å². The molecule has 2 bridgehead atoms. The highest BCUT2D eigenvalue weighted by atomic mass is 16.5. The molecule has 3 aliphatic heterocycles. The Hall–Kier alpha value is -2.21. The maximum atomic E-state index is 6.48. The molecule has 3 aliphatic rings. The van der Waals surface area contributed by atoms with Gasteiger partial charge in [-0.1, -0.05) is 42.5 Å². The van der Waals surface area contributed by atoms with Gasteiger partial charge in [0, 0.05) is 37.8 Å². The van der Waals surface area contributed by atoms with Crippen molar-refractivity contribution in [2.24, 2.45) is 0 Å². The van der Waals surface area contributed by atoms with E-state index in [-0.39, 0.29) is 5.60 Å². The quantitative estimate of drug-likeness (QED) is 0.651. The number of imidazole rings is 1. The zero-order chi connectivity index (χ0) is 21.5. The fourth-order valence-corrected chi connectivity index (χ4v) is 6.65. The van der Waals surface area contributed by atoms with Gasteiger partial charge in [0.15, 0.2) is 0 Å². The van der Waals surface area contributed by atoms with Crippen LogP contribution < -0.4 is 5.32 Å². The van der Waals surface area contributed by atoms with Crippen LogP contribution in [0.4, 0.5) is 0 Å². The van der Waals surface area contributed by atoms with Crippen LogP contribution >= 0.6 is 0 Å². The average Bonchev–Trinajstić information content (AvgIpc) is 3.30. The Bertz CT molecular complexity index is 1060. The van der Waals surface area contributed by atoms with Crippen molar-refractivity contribution in [1.82, 2.24) is 19.8 Å². The number of para-hydroxylation sites is 2. The van der Waals surface area contributed by atoms with Gasteiger partial charge in [0.25, 0.3) is 0 Å². The van der Waals surface area contributed by atoms with E-state index in [1.54, 1.807) is 0 Å². The van der Waals surface area contributed by atoms with Crippen LogP contribution in [-0.4, -0.2) is 52.8 Å². The number of nitrogens with one attached hydrogen (secondary N) is 1. The van der Waals surface area contributed by atoms with E-state index in [4.69, 9.17) is 9.72 Å². The van der Waals surface area contributed by atoms with Crippen molar-refractivity contribution in [2.75, 3.05) is 26.2 Å². The number of nitrogens with zero attached hydrogens (tertiary/aromatic N) is 3. The molecule has 0 spiro atoms. The second-order valence-corrected chi connectivity index (χ2v) is 9.90. The largest absolute Gasteiger partial charge is 0.368 e. The molecule has 0 amide bonds. The minimum absolute atomic E-state index is 0.201. The minimum atomic E-state index is -0.201. The van der Waals surface area contributed by atoms with Gasteiger partial charge in [0.2, 0.25) is 0 Å². The van der Waals surface area contributed by atoms with Gasteiger partial charge < -0.3 is 14.6 Å². The number of piperidine rings is 1. The van der Waals surface area contributed by atoms with Crippen LogP contribution in [-0.2, 0) is 10.3 Å². The van der Waals surface area contributed by atoms with E-state index in [9.17, 15) is 0 Å². The van der Waals surface area contributed by atoms with Gasteiger partial charge in [-0.3, -0.25) is 4.90 Å². The number of ether oxygens (including phenoxy) is 1. The second kappa shape index (κ2) is 8.29. The van der Waals surface area contributed by atoms with Crippen molar-refractivity contribution in [3.05, 3.63) is 66.0 Å². The molecule has 0 saturated carbocycles. The van der Waals surface area contributed by atoms with Crippen molar-refractivity contribution in [1.29, 1.82) is 0 Å². The van der Waals surface area contributed by atoms with Crippen molar-refractivity contribution < 1.29 is 4.74 Å². The van der Waals surface area contributed by atoms with E-state index in [1.807, 2.05) is 0 Å². The van der Waals surface area contributed by atoms with Gasteiger partial charge in [0.05, 0.1) is 17.6 Å². The summed E-state index contributed by atoms with van der Waals surface area (Å²) in [5, 5.41) is 3.59. The summed E-state index contributed by atoms with van der Waals surface area (Å²) in [4.78, 5) is 7.66. The first-order valence-electron chi connectivity index (χ1n) is 12.3. The Labute approximate surface area is 190 Å². The molecule has 3 aromatic rings. The van der Waals surface area contributed by atoms with Crippen LogP contribution in [0.15, 0.2) is 54.6 Å². The van der Waals surface area contributed by atoms with Gasteiger partial charge in [-0.05, 0) is 56.7 Å². The van der Waals surface area contributed by atoms with E-state index in [2.05, 4.69) is 76.3 Å². The van der Waals surface area contributed by atoms with Crippen LogP contribution in [0.2, 0.25) is 0 Å². The molecule has 4 heterocycles. The fraction of sp³-hybridized carbons (Fsp3) is 0.519. The summed E-state index contributed by atoms with van der Waals surface area (Å²) in [6.45, 7) is 5.93. The van der Waals surface area contributed by atoms with E-state index < -0.39 is 0 Å². The van der Waals surface area contributed by atoms with Gasteiger partial charge >= 0.3 is 0 Å². The molecule has 1 aromatic heterocycles. The van der Waals surface area contributed by atoms with Crippen molar-refractivity contribution in [2.45, 2.75) is 62.8 Å². The Balaban J connectivity index is 1.20. The van der Waals surface area contributed by atoms with Gasteiger partial charge in [-0.25, -0.2) is 4.98 Å². The lowest BCUT2D eigenvalue weighted by atomic mass is 9.87. The number of aromatic nitrogens is 2. The smallest absolute Gasteiger partial charge is 0.107 e. The third kappa shape index (κ3) is 3.47. The number of hydrogen-bond donors (Lipinski definition) is 1. The molecule has 3 fully saturated rings. The molecule has 3 atom stereocenters. The highest BCUT2D eigenvalue weighted by Crippen LogP contribution is 2.43. The summed E-state index contributed by atoms with van der Waals surface area (Å²) in [5.41, 5.74) is 3.54. The zero-order valence-electron chi connectivity index (χ0n) is 19.0. The SMILES string of the molecule is Cc1nc2ccccc2n1C1C[C@H]2CC[C@H](C1)N2CCC1(c2ccccc2)CNCCO1. The number of rotatable bonds is 5. The molecule has 6 rings (SSSR count). The first kappa shape index (κ1) is 20.4. The molecule has 32 heavy (non-hydrogen) atoms. The summed E-state index contributed by atoms with van der Waals surface area (Å²) < 4.78 is 9.00. The summed E-state index contributed by atoms with van der Waals surface area (Å²) in [6.07, 6.45) is 6.16. The Morgan fingerprint density at radius 2 is 1.75 bits per heavy atom. The number of aryl methyl sites for hydroxylation is 1. The summed E-state index contributed by atoms with van der Waals surface area (Å²) in [7, 11) is 0. The molecule has 168 valence electrons. The lowest BCUT2D eigenvalue weighted by Gasteiger charge is -2.43. The van der Waals surface area contributed by atoms with Gasteiger partial charge in [0.1, 0.15) is 11.4 Å². The first-order chi connectivity index (χ1) is 15.7. The molecule has 3 saturated heterocycles. The molecular weight excluding hydrogens is 396 g/mol. The van der Waals surface area contributed by atoms with Crippen molar-refractivity contribution in [3.63, 3.8) is 0 Å². The highest BCUT2D eigenvalue weighted by Gasteiger charge is 2.43. The normalized spacial score (nSPS) is 30.7. The predicted octanol–water partition coefficient (Wildman–Crippen LogP) is 4.42. The monoisotopic (exact) mass is 430 g/mol. The Morgan fingerprint density at radius 3 is 2.50 bits per heavy atom. The molecule has 2 aromatic carbocycles. The van der Waals surface area contributed by atoms with Gasteiger partial charge in [-0.2, -0.15) is 0 Å². The maximum Gasteiger partial charge on any atom is 0.107 e. The molecule has 1 unspecified atom stereocenters. The van der Waals surface area contributed by atoms with E-state index in [0.717, 1.165) is 44.0 Å². The third-order valence-electron chi connectivity index (χ3n) is 8.14. The third-order valence-corrected chi connectivity index (χ3v) is 8.14. The van der Waals surface area contributed by atoms with Crippen LogP contribution in [0.3, 0.4) is 0 Å².